The van der Waals surface area contributed by atoms with E-state index in [-0.39, 0.29) is 0 Å². The van der Waals surface area contributed by atoms with E-state index in [1.807, 2.05) is 0 Å². The summed E-state index contributed by atoms with van der Waals surface area (Å²) in [6.45, 7) is 0. The van der Waals surface area contributed by atoms with E-state index in [9.17, 15) is 9.59 Å². The van der Waals surface area contributed by atoms with Crippen LogP contribution in [0, 0.1) is 0 Å². The second kappa shape index (κ2) is 24.8. The molecule has 0 aliphatic rings. The molecule has 1 unspecified atom stereocenters. The van der Waals surface area contributed by atoms with Gasteiger partial charge in [-0.2, -0.15) is 0 Å². The Kier molecular flexibility index (Phi) is 23.8. The third-order valence-corrected chi connectivity index (χ3v) is 6.74. The smallest absolute Gasteiger partial charge is 0.303 e. The van der Waals surface area contributed by atoms with E-state index in [1.54, 1.807) is 0 Å². The summed E-state index contributed by atoms with van der Waals surface area (Å²) < 4.78 is 0. The molecule has 0 radical (unpaired) electrons. The van der Waals surface area contributed by atoms with Crippen LogP contribution in [0.25, 0.3) is 0 Å². The summed E-state index contributed by atoms with van der Waals surface area (Å²) in [5, 5.41) is 17.3. The van der Waals surface area contributed by atoms with Gasteiger partial charge in [-0.15, -0.1) is 0 Å². The third kappa shape index (κ3) is 25.3. The maximum Gasteiger partial charge on any atom is 0.303 e. The molecule has 0 spiro atoms. The van der Waals surface area contributed by atoms with Crippen LogP contribution < -0.4 is 0 Å². The van der Waals surface area contributed by atoms with E-state index in [4.69, 9.17) is 10.2 Å². The fourth-order valence-corrected chi connectivity index (χ4v) is 4.50. The van der Waals surface area contributed by atoms with Crippen LogP contribution in [-0.4, -0.2) is 47.2 Å². The molecule has 5 heteroatoms. The van der Waals surface area contributed by atoms with Crippen LogP contribution in [-0.2, 0) is 9.59 Å². The molecular weight excluding hydrogens is 426 g/mol. The molecule has 0 bridgehead atoms. The van der Waals surface area contributed by atoms with Crippen molar-refractivity contribution in [3.05, 3.63) is 12.2 Å². The number of carboxylic acids is 2. The average Bonchev–Trinajstić information content (AvgIpc) is 2.78. The van der Waals surface area contributed by atoms with Crippen LogP contribution in [0.15, 0.2) is 12.2 Å². The number of hydrogen-bond donors (Lipinski definition) is 2. The minimum Gasteiger partial charge on any atom is -0.481 e. The van der Waals surface area contributed by atoms with Crippen molar-refractivity contribution >= 4 is 11.9 Å². The molecule has 0 aliphatic carbocycles. The molecular formula is C29H55NO4. The van der Waals surface area contributed by atoms with E-state index in [0.717, 1.165) is 38.5 Å². The summed E-state index contributed by atoms with van der Waals surface area (Å²) >= 11 is 0. The number of rotatable bonds is 26. The zero-order valence-electron chi connectivity index (χ0n) is 22.4. The summed E-state index contributed by atoms with van der Waals surface area (Å²) in [6.07, 6.45) is 29.3. The Morgan fingerprint density at radius 2 is 0.882 bits per heavy atom. The van der Waals surface area contributed by atoms with Crippen LogP contribution in [0.2, 0.25) is 0 Å². The Morgan fingerprint density at radius 3 is 1.24 bits per heavy atom. The van der Waals surface area contributed by atoms with Gasteiger partial charge in [0.15, 0.2) is 0 Å². The third-order valence-electron chi connectivity index (χ3n) is 6.74. The minimum absolute atomic E-state index is 0.316. The standard InChI is InChI=1S/C29H55NO4/c1-30(2)27(24-20-16-14-18-22-26-29(33)34)23-19-15-12-10-8-6-4-3-5-7-9-11-13-17-21-25-28(31)32/h3,5,27H,4,6-26H2,1-2H3,(H,31,32)(H,33,34). The molecule has 1 atom stereocenters. The molecule has 0 aliphatic heterocycles. The SMILES string of the molecule is CN(C)C(CCCCCCCCC=CCCCCCCCC(=O)O)CCCCCCCC(=O)O. The first-order valence-electron chi connectivity index (χ1n) is 14.2. The number of carbonyl (C=O) groups is 2. The van der Waals surface area contributed by atoms with E-state index in [1.165, 1.54) is 89.9 Å². The fourth-order valence-electron chi connectivity index (χ4n) is 4.50. The largest absolute Gasteiger partial charge is 0.481 e. The maximum atomic E-state index is 10.5. The van der Waals surface area contributed by atoms with Crippen molar-refractivity contribution in [2.45, 2.75) is 147 Å². The molecule has 0 fully saturated rings. The van der Waals surface area contributed by atoms with Crippen LogP contribution in [0.3, 0.4) is 0 Å². The lowest BCUT2D eigenvalue weighted by Gasteiger charge is -2.24. The number of unbranched alkanes of at least 4 members (excludes halogenated alkanes) is 15. The molecule has 0 saturated heterocycles. The molecule has 0 heterocycles. The molecule has 0 aromatic heterocycles. The first-order valence-corrected chi connectivity index (χ1v) is 14.2. The number of allylic oxidation sites excluding steroid dienone is 2. The lowest BCUT2D eigenvalue weighted by Crippen LogP contribution is -2.27. The highest BCUT2D eigenvalue weighted by molar-refractivity contribution is 5.66. The molecule has 34 heavy (non-hydrogen) atoms. The van der Waals surface area contributed by atoms with Crippen molar-refractivity contribution in [3.63, 3.8) is 0 Å². The first-order chi connectivity index (χ1) is 16.4. The number of carboxylic acid groups (broad SMARTS) is 2. The highest BCUT2D eigenvalue weighted by Crippen LogP contribution is 2.17. The summed E-state index contributed by atoms with van der Waals surface area (Å²) in [7, 11) is 4.40. The highest BCUT2D eigenvalue weighted by atomic mass is 16.4. The van der Waals surface area contributed by atoms with E-state index in [0.29, 0.717) is 18.9 Å². The second-order valence-corrected chi connectivity index (χ2v) is 10.2. The van der Waals surface area contributed by atoms with Gasteiger partial charge in [-0.1, -0.05) is 89.2 Å². The Balaban J connectivity index is 3.45. The Morgan fingerprint density at radius 1 is 0.559 bits per heavy atom. The normalized spacial score (nSPS) is 12.6. The van der Waals surface area contributed by atoms with Gasteiger partial charge in [0.25, 0.3) is 0 Å². The van der Waals surface area contributed by atoms with Gasteiger partial charge in [-0.25, -0.2) is 0 Å². The Hall–Kier alpha value is -1.36. The molecule has 200 valence electrons. The van der Waals surface area contributed by atoms with Crippen LogP contribution in [0.5, 0.6) is 0 Å². The van der Waals surface area contributed by atoms with Crippen LogP contribution in [0.1, 0.15) is 141 Å². The van der Waals surface area contributed by atoms with Crippen molar-refractivity contribution in [2.24, 2.45) is 0 Å². The summed E-state index contributed by atoms with van der Waals surface area (Å²) in [5.74, 6) is -1.35. The molecule has 0 aromatic rings. The van der Waals surface area contributed by atoms with E-state index in [2.05, 4.69) is 31.1 Å². The summed E-state index contributed by atoms with van der Waals surface area (Å²) in [6, 6.07) is 0.689. The Labute approximate surface area is 210 Å². The predicted molar refractivity (Wildman–Crippen MR) is 143 cm³/mol. The molecule has 2 N–H and O–H groups in total. The lowest BCUT2D eigenvalue weighted by molar-refractivity contribution is -0.138. The lowest BCUT2D eigenvalue weighted by atomic mass is 9.99. The van der Waals surface area contributed by atoms with Gasteiger partial charge in [0.05, 0.1) is 0 Å². The first kappa shape index (κ1) is 32.6. The molecule has 0 rings (SSSR count). The van der Waals surface area contributed by atoms with Gasteiger partial charge >= 0.3 is 11.9 Å². The van der Waals surface area contributed by atoms with Gasteiger partial charge in [-0.05, 0) is 65.5 Å². The average molecular weight is 482 g/mol. The van der Waals surface area contributed by atoms with Crippen molar-refractivity contribution in [1.82, 2.24) is 4.90 Å². The number of nitrogens with zero attached hydrogens (tertiary/aromatic N) is 1. The van der Waals surface area contributed by atoms with Crippen molar-refractivity contribution in [1.29, 1.82) is 0 Å². The predicted octanol–water partition coefficient (Wildman–Crippen LogP) is 8.22. The highest BCUT2D eigenvalue weighted by Gasteiger charge is 2.10. The summed E-state index contributed by atoms with van der Waals surface area (Å²) in [4.78, 5) is 23.4. The zero-order chi connectivity index (χ0) is 25.3. The van der Waals surface area contributed by atoms with Crippen molar-refractivity contribution in [2.75, 3.05) is 14.1 Å². The van der Waals surface area contributed by atoms with Gasteiger partial charge < -0.3 is 15.1 Å². The molecule has 5 nitrogen and oxygen atoms in total. The fraction of sp³-hybridized carbons (Fsp3) is 0.862. The van der Waals surface area contributed by atoms with Gasteiger partial charge in [0.1, 0.15) is 0 Å². The minimum atomic E-state index is -0.674. The monoisotopic (exact) mass is 481 g/mol. The quantitative estimate of drug-likeness (QED) is 0.0961. The molecule has 0 aromatic carbocycles. The Bertz CT molecular complexity index is 504. The van der Waals surface area contributed by atoms with Gasteiger partial charge in [0.2, 0.25) is 0 Å². The second-order valence-electron chi connectivity index (χ2n) is 10.2. The van der Waals surface area contributed by atoms with Crippen molar-refractivity contribution in [3.8, 4) is 0 Å². The summed E-state index contributed by atoms with van der Waals surface area (Å²) in [5.41, 5.74) is 0. The van der Waals surface area contributed by atoms with Crippen LogP contribution >= 0.6 is 0 Å². The maximum absolute atomic E-state index is 10.5. The van der Waals surface area contributed by atoms with E-state index >= 15 is 0 Å². The topological polar surface area (TPSA) is 77.8 Å². The number of aliphatic carboxylic acids is 2. The number of hydrogen-bond acceptors (Lipinski definition) is 3. The van der Waals surface area contributed by atoms with Gasteiger partial charge in [-0.3, -0.25) is 9.59 Å². The van der Waals surface area contributed by atoms with Crippen molar-refractivity contribution < 1.29 is 19.8 Å². The van der Waals surface area contributed by atoms with E-state index < -0.39 is 11.9 Å². The zero-order valence-corrected chi connectivity index (χ0v) is 22.4. The van der Waals surface area contributed by atoms with Gasteiger partial charge in [0, 0.05) is 18.9 Å². The molecule has 0 saturated carbocycles. The molecule has 0 amide bonds. The van der Waals surface area contributed by atoms with Crippen LogP contribution in [0.4, 0.5) is 0 Å².